The van der Waals surface area contributed by atoms with Crippen LogP contribution >= 0.6 is 11.6 Å². The standard InChI is InChI=1S/C32H36ClN5O2/c1-40-28-14-12-27(13-15-28)36-17-19-37(20-18-36)32(39)25-5-4-16-35(22-25)23-31-34-29-6-2-3-7-30(29)38(31)21-24-8-10-26(33)11-9-24/h2-3,6-15,25H,4-5,16-23H2,1H3/t25-/m1/s1. The monoisotopic (exact) mass is 557 g/mol. The minimum absolute atomic E-state index is 0.0374. The van der Waals surface area contributed by atoms with Crippen molar-refractivity contribution in [2.45, 2.75) is 25.9 Å². The lowest BCUT2D eigenvalue weighted by molar-refractivity contribution is -0.137. The van der Waals surface area contributed by atoms with Crippen LogP contribution in [0.2, 0.25) is 5.02 Å². The fraction of sp³-hybridized carbons (Fsp3) is 0.375. The van der Waals surface area contributed by atoms with Gasteiger partial charge in [-0.1, -0.05) is 35.9 Å². The molecule has 1 atom stereocenters. The first kappa shape index (κ1) is 26.7. The minimum Gasteiger partial charge on any atom is -0.497 e. The molecule has 40 heavy (non-hydrogen) atoms. The molecule has 0 spiro atoms. The van der Waals surface area contributed by atoms with Gasteiger partial charge in [0.15, 0.2) is 0 Å². The van der Waals surface area contributed by atoms with Crippen molar-refractivity contribution in [1.82, 2.24) is 19.4 Å². The lowest BCUT2D eigenvalue weighted by Crippen LogP contribution is -2.52. The molecular formula is C32H36ClN5O2. The molecule has 2 saturated heterocycles. The van der Waals surface area contributed by atoms with E-state index in [1.807, 2.05) is 30.3 Å². The maximum atomic E-state index is 13.6. The van der Waals surface area contributed by atoms with E-state index in [0.717, 1.165) is 92.8 Å². The summed E-state index contributed by atoms with van der Waals surface area (Å²) in [5.41, 5.74) is 4.50. The number of anilines is 1. The van der Waals surface area contributed by atoms with E-state index in [2.05, 4.69) is 61.7 Å². The van der Waals surface area contributed by atoms with E-state index in [0.29, 0.717) is 5.91 Å². The third-order valence-electron chi connectivity index (χ3n) is 8.24. The van der Waals surface area contributed by atoms with Crippen molar-refractivity contribution < 1.29 is 9.53 Å². The molecule has 0 N–H and O–H groups in total. The Bertz CT molecular complexity index is 1440. The lowest BCUT2D eigenvalue weighted by Gasteiger charge is -2.39. The third kappa shape index (κ3) is 5.81. The van der Waals surface area contributed by atoms with Gasteiger partial charge in [0.25, 0.3) is 0 Å². The summed E-state index contributed by atoms with van der Waals surface area (Å²) in [5.74, 6) is 2.24. The Balaban J connectivity index is 1.10. The van der Waals surface area contributed by atoms with Gasteiger partial charge in [-0.3, -0.25) is 9.69 Å². The van der Waals surface area contributed by atoms with Crippen molar-refractivity contribution in [2.75, 3.05) is 51.3 Å². The number of hydrogen-bond donors (Lipinski definition) is 0. The molecule has 208 valence electrons. The molecule has 0 unspecified atom stereocenters. The van der Waals surface area contributed by atoms with Crippen molar-refractivity contribution >= 4 is 34.2 Å². The number of methoxy groups -OCH3 is 1. The molecule has 8 heteroatoms. The molecule has 1 amide bonds. The number of piperazine rings is 1. The second-order valence-corrected chi connectivity index (χ2v) is 11.3. The van der Waals surface area contributed by atoms with Gasteiger partial charge in [0, 0.05) is 50.0 Å². The highest BCUT2D eigenvalue weighted by atomic mass is 35.5. The summed E-state index contributed by atoms with van der Waals surface area (Å²) < 4.78 is 7.59. The molecule has 0 bridgehead atoms. The molecule has 2 fully saturated rings. The molecule has 3 aromatic carbocycles. The highest BCUT2D eigenvalue weighted by Gasteiger charge is 2.31. The molecule has 0 aliphatic carbocycles. The molecule has 3 heterocycles. The SMILES string of the molecule is COc1ccc(N2CCN(C(=O)[C@@H]3CCCN(Cc4nc5ccccc5n4Cc4ccc(Cl)cc4)C3)CC2)cc1. The zero-order valence-corrected chi connectivity index (χ0v) is 23.8. The molecule has 2 aliphatic heterocycles. The van der Waals surface area contributed by atoms with E-state index >= 15 is 0 Å². The fourth-order valence-corrected chi connectivity index (χ4v) is 6.16. The van der Waals surface area contributed by atoms with Gasteiger partial charge in [-0.25, -0.2) is 4.98 Å². The first-order valence-electron chi connectivity index (χ1n) is 14.2. The smallest absolute Gasteiger partial charge is 0.227 e. The Kier molecular flexibility index (Phi) is 7.93. The number of halogens is 1. The van der Waals surface area contributed by atoms with Crippen LogP contribution in [0.5, 0.6) is 5.75 Å². The van der Waals surface area contributed by atoms with E-state index in [-0.39, 0.29) is 5.92 Å². The zero-order chi connectivity index (χ0) is 27.5. The summed E-state index contributed by atoms with van der Waals surface area (Å²) in [7, 11) is 1.68. The van der Waals surface area contributed by atoms with Gasteiger partial charge in [0.1, 0.15) is 11.6 Å². The summed E-state index contributed by atoms with van der Waals surface area (Å²) in [6, 6.07) is 24.5. The van der Waals surface area contributed by atoms with Crippen LogP contribution in [0.15, 0.2) is 72.8 Å². The van der Waals surface area contributed by atoms with Gasteiger partial charge in [0.2, 0.25) is 5.91 Å². The van der Waals surface area contributed by atoms with Crippen LogP contribution in [0.1, 0.15) is 24.2 Å². The average Bonchev–Trinajstić information content (AvgIpc) is 3.34. The van der Waals surface area contributed by atoms with Crippen LogP contribution < -0.4 is 9.64 Å². The Morgan fingerprint density at radius 3 is 2.42 bits per heavy atom. The molecule has 6 rings (SSSR count). The van der Waals surface area contributed by atoms with Crippen molar-refractivity contribution in [1.29, 1.82) is 0 Å². The predicted octanol–water partition coefficient (Wildman–Crippen LogP) is 5.31. The zero-order valence-electron chi connectivity index (χ0n) is 23.0. The maximum absolute atomic E-state index is 13.6. The molecule has 0 radical (unpaired) electrons. The highest BCUT2D eigenvalue weighted by Crippen LogP contribution is 2.26. The van der Waals surface area contributed by atoms with Gasteiger partial charge in [-0.05, 0) is 73.5 Å². The van der Waals surface area contributed by atoms with Crippen molar-refractivity contribution in [3.05, 3.63) is 89.2 Å². The summed E-state index contributed by atoms with van der Waals surface area (Å²) in [6.45, 7) is 6.46. The van der Waals surface area contributed by atoms with E-state index in [4.69, 9.17) is 21.3 Å². The minimum atomic E-state index is 0.0374. The summed E-state index contributed by atoms with van der Waals surface area (Å²) in [5, 5.41) is 0.741. The number of nitrogens with zero attached hydrogens (tertiary/aromatic N) is 5. The molecule has 0 saturated carbocycles. The van der Waals surface area contributed by atoms with E-state index in [1.165, 1.54) is 11.3 Å². The van der Waals surface area contributed by atoms with Gasteiger partial charge in [-0.2, -0.15) is 0 Å². The van der Waals surface area contributed by atoms with Gasteiger partial charge in [0.05, 0.1) is 30.6 Å². The van der Waals surface area contributed by atoms with E-state index < -0.39 is 0 Å². The van der Waals surface area contributed by atoms with E-state index in [1.54, 1.807) is 7.11 Å². The molecule has 7 nitrogen and oxygen atoms in total. The van der Waals surface area contributed by atoms with Gasteiger partial charge >= 0.3 is 0 Å². The highest BCUT2D eigenvalue weighted by molar-refractivity contribution is 6.30. The number of benzene rings is 3. The molecular weight excluding hydrogens is 522 g/mol. The van der Waals surface area contributed by atoms with Crippen molar-refractivity contribution in [3.8, 4) is 5.75 Å². The third-order valence-corrected chi connectivity index (χ3v) is 8.49. The quantitative estimate of drug-likeness (QED) is 0.308. The fourth-order valence-electron chi connectivity index (χ4n) is 6.03. The number of piperidine rings is 1. The number of para-hydroxylation sites is 2. The topological polar surface area (TPSA) is 53.8 Å². The Hall–Kier alpha value is -3.55. The van der Waals surface area contributed by atoms with Crippen LogP contribution in [0.25, 0.3) is 11.0 Å². The number of rotatable bonds is 7. The largest absolute Gasteiger partial charge is 0.497 e. The van der Waals surface area contributed by atoms with Crippen molar-refractivity contribution in [2.24, 2.45) is 5.92 Å². The lowest BCUT2D eigenvalue weighted by atomic mass is 9.96. The average molecular weight is 558 g/mol. The normalized spacial score (nSPS) is 18.3. The predicted molar refractivity (Wildman–Crippen MR) is 160 cm³/mol. The van der Waals surface area contributed by atoms with E-state index in [9.17, 15) is 4.79 Å². The van der Waals surface area contributed by atoms with Crippen LogP contribution in [0.3, 0.4) is 0 Å². The van der Waals surface area contributed by atoms with Gasteiger partial charge < -0.3 is 19.1 Å². The number of carbonyl (C=O) groups is 1. The van der Waals surface area contributed by atoms with Crippen LogP contribution in [-0.2, 0) is 17.9 Å². The Labute approximate surface area is 240 Å². The number of ether oxygens (including phenoxy) is 1. The van der Waals surface area contributed by atoms with Crippen molar-refractivity contribution in [3.63, 3.8) is 0 Å². The number of amides is 1. The Morgan fingerprint density at radius 1 is 0.925 bits per heavy atom. The summed E-state index contributed by atoms with van der Waals surface area (Å²) >= 11 is 6.13. The number of fused-ring (bicyclic) bond motifs is 1. The Morgan fingerprint density at radius 2 is 1.68 bits per heavy atom. The number of aromatic nitrogens is 2. The first-order valence-corrected chi connectivity index (χ1v) is 14.5. The second-order valence-electron chi connectivity index (χ2n) is 10.8. The molecule has 2 aliphatic rings. The van der Waals surface area contributed by atoms with Crippen LogP contribution in [0.4, 0.5) is 5.69 Å². The number of imidazole rings is 1. The summed E-state index contributed by atoms with van der Waals surface area (Å²) in [6.07, 6.45) is 1.98. The maximum Gasteiger partial charge on any atom is 0.227 e. The van der Waals surface area contributed by atoms with Gasteiger partial charge in [-0.15, -0.1) is 0 Å². The van der Waals surface area contributed by atoms with Crippen LogP contribution in [0, 0.1) is 5.92 Å². The number of carbonyl (C=O) groups excluding carboxylic acids is 1. The summed E-state index contributed by atoms with van der Waals surface area (Å²) in [4.78, 5) is 25.4. The number of likely N-dealkylation sites (tertiary alicyclic amines) is 1. The first-order chi connectivity index (χ1) is 19.6. The molecule has 1 aromatic heterocycles. The van der Waals surface area contributed by atoms with Crippen LogP contribution in [-0.4, -0.2) is 71.6 Å². The number of hydrogen-bond acceptors (Lipinski definition) is 5. The molecule has 4 aromatic rings. The second kappa shape index (κ2) is 11.9.